The Labute approximate surface area is 160 Å². The molecule has 1 amide bonds. The van der Waals surface area contributed by atoms with Crippen molar-refractivity contribution >= 4 is 11.9 Å². The maximum absolute atomic E-state index is 14.2. The first-order valence-corrected chi connectivity index (χ1v) is 8.82. The van der Waals surface area contributed by atoms with Gasteiger partial charge in [-0.3, -0.25) is 9.59 Å². The molecule has 0 radical (unpaired) electrons. The van der Waals surface area contributed by atoms with Crippen molar-refractivity contribution in [3.05, 3.63) is 41.5 Å². The van der Waals surface area contributed by atoms with Crippen molar-refractivity contribution in [3.63, 3.8) is 0 Å². The van der Waals surface area contributed by atoms with Gasteiger partial charge in [0.1, 0.15) is 17.3 Å². The summed E-state index contributed by atoms with van der Waals surface area (Å²) >= 11 is 0. The molecule has 1 fully saturated rings. The Kier molecular flexibility index (Phi) is 7.16. The van der Waals surface area contributed by atoms with E-state index in [1.54, 1.807) is 0 Å². The van der Waals surface area contributed by atoms with E-state index in [0.29, 0.717) is 5.82 Å². The van der Waals surface area contributed by atoms with Gasteiger partial charge in [0.2, 0.25) is 5.91 Å². The maximum Gasteiger partial charge on any atom is 0.300 e. The first kappa shape index (κ1) is 21.4. The Bertz CT molecular complexity index is 844. The van der Waals surface area contributed by atoms with E-state index in [2.05, 4.69) is 10.1 Å². The van der Waals surface area contributed by atoms with E-state index in [-0.39, 0.29) is 29.9 Å². The summed E-state index contributed by atoms with van der Waals surface area (Å²) in [7, 11) is 0. The van der Waals surface area contributed by atoms with Crippen molar-refractivity contribution in [1.82, 2.24) is 14.8 Å². The number of benzene rings is 1. The molecule has 0 aliphatic heterocycles. The summed E-state index contributed by atoms with van der Waals surface area (Å²) in [5.41, 5.74) is 11.2. The molecule has 1 aromatic heterocycles. The quantitative estimate of drug-likeness (QED) is 0.720. The number of carbonyl (C=O) groups excluding carboxylic acids is 1. The number of aliphatic carboxylic acids is 1. The van der Waals surface area contributed by atoms with E-state index in [1.807, 2.05) is 0 Å². The predicted molar refractivity (Wildman–Crippen MR) is 96.7 cm³/mol. The lowest BCUT2D eigenvalue weighted by Crippen LogP contribution is -2.27. The molecule has 0 unspecified atom stereocenters. The number of rotatable bonds is 4. The van der Waals surface area contributed by atoms with Crippen molar-refractivity contribution in [3.8, 4) is 5.69 Å². The van der Waals surface area contributed by atoms with Gasteiger partial charge in [0.15, 0.2) is 11.6 Å². The fourth-order valence-corrected chi connectivity index (χ4v) is 3.07. The Morgan fingerprint density at radius 2 is 1.86 bits per heavy atom. The van der Waals surface area contributed by atoms with E-state index in [9.17, 15) is 13.6 Å². The molecule has 5 N–H and O–H groups in total. The highest BCUT2D eigenvalue weighted by atomic mass is 19.1. The molecule has 1 aliphatic rings. The van der Waals surface area contributed by atoms with Crippen molar-refractivity contribution in [1.29, 1.82) is 0 Å². The van der Waals surface area contributed by atoms with Crippen LogP contribution < -0.4 is 11.5 Å². The normalized spacial score (nSPS) is 18.9. The standard InChI is InChI=1S/C16H19F2N5O.C2H4O2/c17-10-3-6-13(12(18)7-10)23-16(9-1-4-11(19)5-2-9)21-15(22-23)8-14(20)24;1-2(3)4/h3,6-7,9,11H,1-2,4-5,8,19H2,(H2,20,24);1H3,(H,3,4). The minimum atomic E-state index is -0.833. The largest absolute Gasteiger partial charge is 0.481 e. The van der Waals surface area contributed by atoms with Gasteiger partial charge in [0, 0.05) is 24.9 Å². The number of halogens is 2. The molecule has 0 saturated heterocycles. The van der Waals surface area contributed by atoms with Crippen LogP contribution in [0.3, 0.4) is 0 Å². The van der Waals surface area contributed by atoms with Gasteiger partial charge in [0.05, 0.1) is 6.42 Å². The van der Waals surface area contributed by atoms with E-state index >= 15 is 0 Å². The highest BCUT2D eigenvalue weighted by Gasteiger charge is 2.27. The molecule has 0 bridgehead atoms. The topological polar surface area (TPSA) is 137 Å². The van der Waals surface area contributed by atoms with E-state index in [0.717, 1.165) is 44.7 Å². The van der Waals surface area contributed by atoms with Crippen molar-refractivity contribution in [2.45, 2.75) is 51.0 Å². The van der Waals surface area contributed by atoms with Gasteiger partial charge >= 0.3 is 0 Å². The van der Waals surface area contributed by atoms with Crippen LogP contribution in [0, 0.1) is 11.6 Å². The van der Waals surface area contributed by atoms with E-state index in [4.69, 9.17) is 21.4 Å². The van der Waals surface area contributed by atoms with Gasteiger partial charge in [-0.1, -0.05) is 0 Å². The predicted octanol–water partition coefficient (Wildman–Crippen LogP) is 1.65. The Balaban J connectivity index is 0.000000640. The van der Waals surface area contributed by atoms with Crippen LogP contribution >= 0.6 is 0 Å². The zero-order valence-electron chi connectivity index (χ0n) is 15.4. The molecule has 1 aliphatic carbocycles. The summed E-state index contributed by atoms with van der Waals surface area (Å²) < 4.78 is 28.7. The van der Waals surface area contributed by atoms with Gasteiger partial charge in [-0.05, 0) is 37.8 Å². The summed E-state index contributed by atoms with van der Waals surface area (Å²) in [6.45, 7) is 1.08. The van der Waals surface area contributed by atoms with Crippen molar-refractivity contribution in [2.24, 2.45) is 11.5 Å². The maximum atomic E-state index is 14.2. The second-order valence-electron chi connectivity index (χ2n) is 6.67. The number of primary amides is 1. The van der Waals surface area contributed by atoms with Crippen LogP contribution in [0.5, 0.6) is 0 Å². The van der Waals surface area contributed by atoms with E-state index in [1.165, 1.54) is 10.7 Å². The molecule has 2 aromatic rings. The summed E-state index contributed by atoms with van der Waals surface area (Å²) in [5.74, 6) is -1.95. The molecule has 28 heavy (non-hydrogen) atoms. The molecule has 8 nitrogen and oxygen atoms in total. The number of carboxylic acid groups (broad SMARTS) is 1. The molecule has 3 rings (SSSR count). The highest BCUT2D eigenvalue weighted by molar-refractivity contribution is 5.75. The first-order valence-electron chi connectivity index (χ1n) is 8.82. The fraction of sp³-hybridized carbons (Fsp3) is 0.444. The number of hydrogen-bond donors (Lipinski definition) is 3. The lowest BCUT2D eigenvalue weighted by atomic mass is 9.86. The van der Waals surface area contributed by atoms with Crippen molar-refractivity contribution < 1.29 is 23.5 Å². The van der Waals surface area contributed by atoms with Crippen LogP contribution in [0.2, 0.25) is 0 Å². The molecule has 152 valence electrons. The second kappa shape index (κ2) is 9.36. The molecule has 1 saturated carbocycles. The molecular weight excluding hydrogens is 372 g/mol. The third kappa shape index (κ3) is 5.81. The Morgan fingerprint density at radius 1 is 1.25 bits per heavy atom. The number of hydrogen-bond acceptors (Lipinski definition) is 5. The number of carbonyl (C=O) groups is 2. The van der Waals surface area contributed by atoms with Crippen LogP contribution in [0.25, 0.3) is 5.69 Å². The third-order valence-electron chi connectivity index (χ3n) is 4.28. The van der Waals surface area contributed by atoms with Gasteiger partial charge in [-0.2, -0.15) is 5.10 Å². The van der Waals surface area contributed by atoms with Crippen LogP contribution in [0.4, 0.5) is 8.78 Å². The van der Waals surface area contributed by atoms with Crippen LogP contribution in [0.15, 0.2) is 18.2 Å². The SMILES string of the molecule is CC(=O)O.NC(=O)Cc1nc(C2CCC(N)CC2)n(-c2ccc(F)cc2F)n1. The summed E-state index contributed by atoms with van der Waals surface area (Å²) in [4.78, 5) is 24.5. The lowest BCUT2D eigenvalue weighted by molar-refractivity contribution is -0.134. The second-order valence-corrected chi connectivity index (χ2v) is 6.67. The number of aromatic nitrogens is 3. The average Bonchev–Trinajstić information content (AvgIpc) is 2.97. The summed E-state index contributed by atoms with van der Waals surface area (Å²) in [5, 5.41) is 11.6. The summed E-state index contributed by atoms with van der Waals surface area (Å²) in [6, 6.07) is 3.43. The molecule has 0 atom stereocenters. The van der Waals surface area contributed by atoms with Gasteiger partial charge in [0.25, 0.3) is 5.97 Å². The van der Waals surface area contributed by atoms with Crippen LogP contribution in [-0.2, 0) is 16.0 Å². The minimum absolute atomic E-state index is 0.0587. The number of nitrogens with two attached hydrogens (primary N) is 2. The number of nitrogens with zero attached hydrogens (tertiary/aromatic N) is 3. The molecule has 1 heterocycles. The van der Waals surface area contributed by atoms with Crippen LogP contribution in [0.1, 0.15) is 50.2 Å². The monoisotopic (exact) mass is 395 g/mol. The number of amides is 1. The fourth-order valence-electron chi connectivity index (χ4n) is 3.07. The summed E-state index contributed by atoms with van der Waals surface area (Å²) in [6.07, 6.45) is 3.16. The van der Waals surface area contributed by atoms with Crippen molar-refractivity contribution in [2.75, 3.05) is 0 Å². The average molecular weight is 395 g/mol. The smallest absolute Gasteiger partial charge is 0.300 e. The Morgan fingerprint density at radius 3 is 2.39 bits per heavy atom. The zero-order valence-corrected chi connectivity index (χ0v) is 15.4. The number of carboxylic acids is 1. The van der Waals surface area contributed by atoms with Crippen LogP contribution in [-0.4, -0.2) is 37.8 Å². The van der Waals surface area contributed by atoms with Gasteiger partial charge in [-0.25, -0.2) is 18.4 Å². The third-order valence-corrected chi connectivity index (χ3v) is 4.28. The molecule has 0 spiro atoms. The van der Waals surface area contributed by atoms with E-state index < -0.39 is 23.5 Å². The van der Waals surface area contributed by atoms with Gasteiger partial charge in [-0.15, -0.1) is 0 Å². The molecule has 10 heteroatoms. The van der Waals surface area contributed by atoms with Gasteiger partial charge < -0.3 is 16.6 Å². The molecular formula is C18H23F2N5O3. The zero-order chi connectivity index (χ0) is 20.8. The minimum Gasteiger partial charge on any atom is -0.481 e. The molecule has 1 aromatic carbocycles. The highest BCUT2D eigenvalue weighted by Crippen LogP contribution is 2.32. The first-order chi connectivity index (χ1) is 13.2. The lowest BCUT2D eigenvalue weighted by Gasteiger charge is -2.25. The Hall–Kier alpha value is -2.88.